The zero-order chi connectivity index (χ0) is 18.9. The Hall–Kier alpha value is -3.49. The van der Waals surface area contributed by atoms with Crippen molar-refractivity contribution in [2.24, 2.45) is 20.8 Å². The highest BCUT2D eigenvalue weighted by atomic mass is 16.9. The van der Waals surface area contributed by atoms with Crippen molar-refractivity contribution in [1.82, 2.24) is 0 Å². The molecule has 2 aromatic carbocycles. The molecule has 0 heterocycles. The minimum atomic E-state index is -1.21. The molecule has 2 rings (SSSR count). The first-order chi connectivity index (χ1) is 12.5. The molecule has 2 aromatic rings. The fourth-order valence-electron chi connectivity index (χ4n) is 2.05. The van der Waals surface area contributed by atoms with Crippen LogP contribution in [0.3, 0.4) is 0 Å². The molecule has 0 aliphatic heterocycles. The number of carbonyl (C=O) groups excluding carboxylic acids is 1. The average Bonchev–Trinajstić information content (AvgIpc) is 2.62. The third kappa shape index (κ3) is 5.26. The second-order valence-electron chi connectivity index (χ2n) is 5.36. The number of nitrogens with zero attached hydrogens (tertiary/aromatic N) is 4. The van der Waals surface area contributed by atoms with E-state index in [0.717, 1.165) is 0 Å². The van der Waals surface area contributed by atoms with E-state index in [1.54, 1.807) is 50.2 Å². The molecule has 0 saturated carbocycles. The van der Waals surface area contributed by atoms with Crippen LogP contribution in [-0.2, 0) is 22.8 Å². The molecule has 9 heteroatoms. The van der Waals surface area contributed by atoms with E-state index in [2.05, 4.69) is 30.5 Å². The van der Waals surface area contributed by atoms with Crippen molar-refractivity contribution in [2.75, 3.05) is 0 Å². The lowest BCUT2D eigenvalue weighted by Gasteiger charge is -2.03. The smallest absolute Gasteiger partial charge is 0.507 e. The van der Waals surface area contributed by atoms with Gasteiger partial charge < -0.3 is 10.2 Å². The van der Waals surface area contributed by atoms with Crippen molar-refractivity contribution >= 4 is 6.16 Å². The number of benzene rings is 2. The van der Waals surface area contributed by atoms with Crippen LogP contribution < -0.4 is 0 Å². The van der Waals surface area contributed by atoms with E-state index in [4.69, 9.17) is 0 Å². The molecule has 0 aliphatic carbocycles. The van der Waals surface area contributed by atoms with Crippen molar-refractivity contribution in [3.8, 4) is 11.5 Å². The zero-order valence-corrected chi connectivity index (χ0v) is 14.3. The molecule has 26 heavy (non-hydrogen) atoms. The van der Waals surface area contributed by atoms with Gasteiger partial charge in [-0.3, -0.25) is 9.68 Å². The highest BCUT2D eigenvalue weighted by Gasteiger charge is 2.06. The molecule has 0 radical (unpaired) electrons. The van der Waals surface area contributed by atoms with Crippen LogP contribution in [0.4, 0.5) is 4.79 Å². The summed E-state index contributed by atoms with van der Waals surface area (Å²) in [5.41, 5.74) is 2.50. The highest BCUT2D eigenvalue weighted by molar-refractivity contribution is 5.59. The van der Waals surface area contributed by atoms with Gasteiger partial charge in [0.25, 0.3) is 0 Å². The number of hydrogen-bond acceptors (Lipinski definition) is 9. The summed E-state index contributed by atoms with van der Waals surface area (Å²) in [6.07, 6.45) is -1.21. The van der Waals surface area contributed by atoms with Crippen LogP contribution in [0.25, 0.3) is 0 Å². The van der Waals surface area contributed by atoms with Gasteiger partial charge in [-0.25, -0.2) is 0 Å². The number of hydrogen-bond donors (Lipinski definition) is 2. The Kier molecular flexibility index (Phi) is 6.60. The molecule has 2 N–H and O–H groups in total. The monoisotopic (exact) mass is 358 g/mol. The molecule has 0 spiro atoms. The second-order valence-corrected chi connectivity index (χ2v) is 5.36. The summed E-state index contributed by atoms with van der Waals surface area (Å²) >= 11 is 0. The van der Waals surface area contributed by atoms with Crippen molar-refractivity contribution in [1.29, 1.82) is 0 Å². The SMILES string of the molecule is Cc1cccc(C/N=N/OC(=O)O/N=N/Cc2cccc(C)c2O)c1O. The predicted octanol–water partition coefficient (Wildman–Crippen LogP) is 4.30. The number of phenols is 2. The summed E-state index contributed by atoms with van der Waals surface area (Å²) in [5.74, 6) is 0.226. The fourth-order valence-corrected chi connectivity index (χ4v) is 2.05. The Morgan fingerprint density at radius 2 is 1.27 bits per heavy atom. The molecule has 9 nitrogen and oxygen atoms in total. The maximum absolute atomic E-state index is 11.3. The molecule has 0 fully saturated rings. The van der Waals surface area contributed by atoms with E-state index in [-0.39, 0.29) is 24.6 Å². The van der Waals surface area contributed by atoms with Gasteiger partial charge in [0.05, 0.1) is 13.1 Å². The summed E-state index contributed by atoms with van der Waals surface area (Å²) < 4.78 is 0. The summed E-state index contributed by atoms with van der Waals surface area (Å²) in [4.78, 5) is 19.9. The van der Waals surface area contributed by atoms with E-state index in [1.165, 1.54) is 0 Å². The first kappa shape index (κ1) is 18.8. The Morgan fingerprint density at radius 1 is 0.846 bits per heavy atom. The van der Waals surface area contributed by atoms with Crippen LogP contribution in [-0.4, -0.2) is 16.4 Å². The van der Waals surface area contributed by atoms with E-state index >= 15 is 0 Å². The van der Waals surface area contributed by atoms with Crippen molar-refractivity contribution in [2.45, 2.75) is 26.9 Å². The molecule has 136 valence electrons. The summed E-state index contributed by atoms with van der Waals surface area (Å²) in [7, 11) is 0. The maximum Gasteiger partial charge on any atom is 0.565 e. The fraction of sp³-hybridized carbons (Fsp3) is 0.235. The Bertz CT molecular complexity index is 768. The zero-order valence-electron chi connectivity index (χ0n) is 14.3. The van der Waals surface area contributed by atoms with Crippen LogP contribution in [0.1, 0.15) is 22.3 Å². The van der Waals surface area contributed by atoms with Crippen LogP contribution in [0.5, 0.6) is 11.5 Å². The lowest BCUT2D eigenvalue weighted by molar-refractivity contribution is 0.0455. The van der Waals surface area contributed by atoms with Crippen LogP contribution in [0.15, 0.2) is 57.2 Å². The molecule has 0 bridgehead atoms. The third-order valence-electron chi connectivity index (χ3n) is 3.47. The average molecular weight is 358 g/mol. The number of para-hydroxylation sites is 2. The Morgan fingerprint density at radius 3 is 1.69 bits per heavy atom. The van der Waals surface area contributed by atoms with Crippen molar-refractivity contribution in [3.63, 3.8) is 0 Å². The van der Waals surface area contributed by atoms with Crippen molar-refractivity contribution < 1.29 is 24.7 Å². The summed E-state index contributed by atoms with van der Waals surface area (Å²) in [6, 6.07) is 10.4. The van der Waals surface area contributed by atoms with Gasteiger partial charge in [0.15, 0.2) is 0 Å². The van der Waals surface area contributed by atoms with Gasteiger partial charge in [-0.1, -0.05) is 36.4 Å². The first-order valence-corrected chi connectivity index (χ1v) is 7.65. The number of aryl methyl sites for hydroxylation is 2. The molecular weight excluding hydrogens is 340 g/mol. The van der Waals surface area contributed by atoms with Gasteiger partial charge >= 0.3 is 6.16 Å². The van der Waals surface area contributed by atoms with E-state index in [9.17, 15) is 15.0 Å². The third-order valence-corrected chi connectivity index (χ3v) is 3.47. The predicted molar refractivity (Wildman–Crippen MR) is 90.4 cm³/mol. The van der Waals surface area contributed by atoms with Gasteiger partial charge in [-0.05, 0) is 25.0 Å². The molecule has 0 aromatic heterocycles. The Labute approximate surface area is 149 Å². The maximum atomic E-state index is 11.3. The van der Waals surface area contributed by atoms with Gasteiger partial charge in [0.1, 0.15) is 11.5 Å². The summed E-state index contributed by atoms with van der Waals surface area (Å²) in [5, 5.41) is 33.2. The second kappa shape index (κ2) is 9.11. The highest BCUT2D eigenvalue weighted by Crippen LogP contribution is 2.22. The largest absolute Gasteiger partial charge is 0.565 e. The van der Waals surface area contributed by atoms with Gasteiger partial charge in [0.2, 0.25) is 0 Å². The number of rotatable bonds is 6. The molecule has 0 saturated heterocycles. The lowest BCUT2D eigenvalue weighted by Crippen LogP contribution is -1.97. The standard InChI is InChI=1S/C17H18N4O5/c1-11-5-3-7-13(15(11)22)9-18-20-25-17(24)26-21-19-10-14-8-4-6-12(2)16(14)23/h3-8,22-23H,9-10H2,1-2H3/b20-18+,21-19+. The van der Waals surface area contributed by atoms with Crippen LogP contribution in [0.2, 0.25) is 0 Å². The van der Waals surface area contributed by atoms with E-state index in [0.29, 0.717) is 22.3 Å². The number of phenolic OH excluding ortho intramolecular Hbond substituents is 2. The topological polar surface area (TPSA) is 125 Å². The van der Waals surface area contributed by atoms with E-state index in [1.807, 2.05) is 0 Å². The molecule has 0 unspecified atom stereocenters. The van der Waals surface area contributed by atoms with Crippen molar-refractivity contribution in [3.05, 3.63) is 58.7 Å². The van der Waals surface area contributed by atoms with Crippen LogP contribution in [0, 0.1) is 13.8 Å². The molecular formula is C17H18N4O5. The lowest BCUT2D eigenvalue weighted by atomic mass is 10.1. The summed E-state index contributed by atoms with van der Waals surface area (Å²) in [6.45, 7) is 3.58. The van der Waals surface area contributed by atoms with Gasteiger partial charge in [-0.2, -0.15) is 4.79 Å². The minimum absolute atomic E-state index is 0.0367. The van der Waals surface area contributed by atoms with E-state index < -0.39 is 6.16 Å². The van der Waals surface area contributed by atoms with Gasteiger partial charge in [0, 0.05) is 21.7 Å². The first-order valence-electron chi connectivity index (χ1n) is 7.65. The normalized spacial score (nSPS) is 11.2. The minimum Gasteiger partial charge on any atom is -0.507 e. The van der Waals surface area contributed by atoms with Crippen LogP contribution >= 0.6 is 0 Å². The number of carbonyl (C=O) groups is 1. The molecule has 0 atom stereocenters. The number of aromatic hydroxyl groups is 2. The van der Waals surface area contributed by atoms with Gasteiger partial charge in [-0.15, -0.1) is 10.2 Å². The molecule has 0 aliphatic rings. The Balaban J connectivity index is 1.75. The molecule has 0 amide bonds. The quantitative estimate of drug-likeness (QED) is 0.588.